The Labute approximate surface area is 161 Å². The third-order valence-corrected chi connectivity index (χ3v) is 4.19. The standard InChI is InChI=1S/C18H18Cl2N2O4/c1-9-5-10(2)16(12(20)6-9)22-18(24)17(23)21-13-8-14(25-3)11(19)7-15(13)26-4/h5-8H,1-4H3,(H,21,23)(H,22,24). The molecule has 8 heteroatoms. The minimum absolute atomic E-state index is 0.251. The number of methoxy groups -OCH3 is 2. The van der Waals surface area contributed by atoms with Crippen LogP contribution in [0.15, 0.2) is 24.3 Å². The SMILES string of the molecule is COc1cc(NC(=O)C(=O)Nc2c(C)cc(C)cc2Cl)c(OC)cc1Cl. The van der Waals surface area contributed by atoms with Gasteiger partial charge in [-0.2, -0.15) is 0 Å². The van der Waals surface area contributed by atoms with Crippen molar-refractivity contribution in [1.82, 2.24) is 0 Å². The number of amides is 2. The molecule has 0 unspecified atom stereocenters. The highest BCUT2D eigenvalue weighted by atomic mass is 35.5. The second-order valence-electron chi connectivity index (χ2n) is 5.53. The highest BCUT2D eigenvalue weighted by Gasteiger charge is 2.19. The van der Waals surface area contributed by atoms with Gasteiger partial charge in [-0.3, -0.25) is 9.59 Å². The molecular formula is C18H18Cl2N2O4. The maximum absolute atomic E-state index is 12.3. The normalized spacial score (nSPS) is 10.2. The zero-order chi connectivity index (χ0) is 19.4. The predicted molar refractivity (Wildman–Crippen MR) is 103 cm³/mol. The van der Waals surface area contributed by atoms with Crippen LogP contribution in [0.25, 0.3) is 0 Å². The first kappa shape index (κ1) is 19.9. The van der Waals surface area contributed by atoms with E-state index >= 15 is 0 Å². The van der Waals surface area contributed by atoms with Crippen molar-refractivity contribution in [2.45, 2.75) is 13.8 Å². The van der Waals surface area contributed by atoms with E-state index in [1.165, 1.54) is 26.4 Å². The van der Waals surface area contributed by atoms with Crippen LogP contribution in [-0.4, -0.2) is 26.0 Å². The van der Waals surface area contributed by atoms with Crippen molar-refractivity contribution in [2.24, 2.45) is 0 Å². The minimum atomic E-state index is -0.885. The number of halogens is 2. The molecule has 0 radical (unpaired) electrons. The van der Waals surface area contributed by atoms with E-state index < -0.39 is 11.8 Å². The van der Waals surface area contributed by atoms with Gasteiger partial charge in [0, 0.05) is 12.1 Å². The largest absolute Gasteiger partial charge is 0.495 e. The average Bonchev–Trinajstić information content (AvgIpc) is 2.58. The van der Waals surface area contributed by atoms with Gasteiger partial charge < -0.3 is 20.1 Å². The van der Waals surface area contributed by atoms with Crippen molar-refractivity contribution in [2.75, 3.05) is 24.9 Å². The number of hydrogen-bond acceptors (Lipinski definition) is 4. The summed E-state index contributed by atoms with van der Waals surface area (Å²) in [5, 5.41) is 5.67. The lowest BCUT2D eigenvalue weighted by Gasteiger charge is -2.14. The summed E-state index contributed by atoms with van der Waals surface area (Å²) in [7, 11) is 2.86. The molecule has 0 saturated heterocycles. The summed E-state index contributed by atoms with van der Waals surface area (Å²) in [4.78, 5) is 24.5. The lowest BCUT2D eigenvalue weighted by molar-refractivity contribution is -0.133. The van der Waals surface area contributed by atoms with Crippen molar-refractivity contribution < 1.29 is 19.1 Å². The minimum Gasteiger partial charge on any atom is -0.495 e. The van der Waals surface area contributed by atoms with Gasteiger partial charge in [-0.25, -0.2) is 0 Å². The van der Waals surface area contributed by atoms with Gasteiger partial charge >= 0.3 is 11.8 Å². The Bertz CT molecular complexity index is 846. The summed E-state index contributed by atoms with van der Waals surface area (Å²) in [5.74, 6) is -1.12. The van der Waals surface area contributed by atoms with E-state index in [2.05, 4.69) is 10.6 Å². The van der Waals surface area contributed by atoms with E-state index in [1.807, 2.05) is 13.0 Å². The summed E-state index contributed by atoms with van der Waals surface area (Å²) in [6.07, 6.45) is 0. The van der Waals surface area contributed by atoms with Crippen LogP contribution < -0.4 is 20.1 Å². The van der Waals surface area contributed by atoms with Gasteiger partial charge in [0.2, 0.25) is 0 Å². The van der Waals surface area contributed by atoms with Crippen LogP contribution in [0.2, 0.25) is 10.0 Å². The fraction of sp³-hybridized carbons (Fsp3) is 0.222. The molecule has 0 atom stereocenters. The molecule has 2 rings (SSSR count). The maximum atomic E-state index is 12.3. The van der Waals surface area contributed by atoms with Gasteiger partial charge in [0.15, 0.2) is 0 Å². The van der Waals surface area contributed by atoms with Gasteiger partial charge in [-0.05, 0) is 31.0 Å². The number of carbonyl (C=O) groups excluding carboxylic acids is 2. The molecule has 0 aliphatic heterocycles. The number of anilines is 2. The van der Waals surface area contributed by atoms with E-state index in [0.29, 0.717) is 27.2 Å². The lowest BCUT2D eigenvalue weighted by atomic mass is 10.1. The summed E-state index contributed by atoms with van der Waals surface area (Å²) < 4.78 is 10.3. The van der Waals surface area contributed by atoms with Crippen LogP contribution >= 0.6 is 23.2 Å². The van der Waals surface area contributed by atoms with Gasteiger partial charge in [0.25, 0.3) is 0 Å². The summed E-state index contributed by atoms with van der Waals surface area (Å²) in [5.41, 5.74) is 2.34. The van der Waals surface area contributed by atoms with Crippen LogP contribution in [-0.2, 0) is 9.59 Å². The molecule has 138 valence electrons. The second kappa shape index (κ2) is 8.29. The fourth-order valence-corrected chi connectivity index (χ4v) is 2.98. The maximum Gasteiger partial charge on any atom is 0.314 e. The molecule has 0 aliphatic carbocycles. The first-order valence-electron chi connectivity index (χ1n) is 7.57. The molecule has 2 aromatic carbocycles. The zero-order valence-corrected chi connectivity index (χ0v) is 16.2. The monoisotopic (exact) mass is 396 g/mol. The van der Waals surface area contributed by atoms with Gasteiger partial charge in [0.1, 0.15) is 11.5 Å². The van der Waals surface area contributed by atoms with Crippen LogP contribution in [0.5, 0.6) is 11.5 Å². The van der Waals surface area contributed by atoms with Crippen LogP contribution in [0.1, 0.15) is 11.1 Å². The molecule has 2 aromatic rings. The van der Waals surface area contributed by atoms with E-state index in [0.717, 1.165) is 11.1 Å². The Balaban J connectivity index is 2.21. The van der Waals surface area contributed by atoms with Crippen LogP contribution in [0.3, 0.4) is 0 Å². The smallest absolute Gasteiger partial charge is 0.314 e. The van der Waals surface area contributed by atoms with Crippen molar-refractivity contribution >= 4 is 46.4 Å². The van der Waals surface area contributed by atoms with Crippen molar-refractivity contribution in [3.05, 3.63) is 45.4 Å². The van der Waals surface area contributed by atoms with Crippen LogP contribution in [0, 0.1) is 13.8 Å². The Hall–Kier alpha value is -2.44. The molecule has 0 heterocycles. The highest BCUT2D eigenvalue weighted by molar-refractivity contribution is 6.45. The number of rotatable bonds is 4. The number of aryl methyl sites for hydroxylation is 2. The molecule has 0 bridgehead atoms. The number of carbonyl (C=O) groups is 2. The van der Waals surface area contributed by atoms with E-state index in [9.17, 15) is 9.59 Å². The number of benzene rings is 2. The third kappa shape index (κ3) is 4.39. The second-order valence-corrected chi connectivity index (χ2v) is 6.35. The van der Waals surface area contributed by atoms with Gasteiger partial charge in [0.05, 0.1) is 35.6 Å². The lowest BCUT2D eigenvalue weighted by Crippen LogP contribution is -2.29. The first-order valence-corrected chi connectivity index (χ1v) is 8.33. The molecule has 0 spiro atoms. The molecule has 26 heavy (non-hydrogen) atoms. The summed E-state index contributed by atoms with van der Waals surface area (Å²) in [6.45, 7) is 3.68. The molecular weight excluding hydrogens is 379 g/mol. The number of ether oxygens (including phenoxy) is 2. The summed E-state index contributed by atoms with van der Waals surface area (Å²) in [6, 6.07) is 6.51. The van der Waals surface area contributed by atoms with Gasteiger partial charge in [-0.15, -0.1) is 0 Å². The molecule has 0 aromatic heterocycles. The topological polar surface area (TPSA) is 76.7 Å². The fourth-order valence-electron chi connectivity index (χ4n) is 2.38. The first-order chi connectivity index (χ1) is 12.3. The third-order valence-electron chi connectivity index (χ3n) is 3.60. The Morgan fingerprint density at radius 2 is 1.46 bits per heavy atom. The predicted octanol–water partition coefficient (Wildman–Crippen LogP) is 4.20. The van der Waals surface area contributed by atoms with E-state index in [-0.39, 0.29) is 5.69 Å². The Morgan fingerprint density at radius 1 is 0.846 bits per heavy atom. The van der Waals surface area contributed by atoms with Crippen LogP contribution in [0.4, 0.5) is 11.4 Å². The number of hydrogen-bond donors (Lipinski definition) is 2. The molecule has 6 nitrogen and oxygen atoms in total. The quantitative estimate of drug-likeness (QED) is 0.758. The van der Waals surface area contributed by atoms with Crippen molar-refractivity contribution in [3.63, 3.8) is 0 Å². The zero-order valence-electron chi connectivity index (χ0n) is 14.7. The molecule has 0 saturated carbocycles. The van der Waals surface area contributed by atoms with Crippen molar-refractivity contribution in [1.29, 1.82) is 0 Å². The Morgan fingerprint density at radius 3 is 2.04 bits per heavy atom. The molecule has 2 N–H and O–H groups in total. The van der Waals surface area contributed by atoms with Crippen molar-refractivity contribution in [3.8, 4) is 11.5 Å². The summed E-state index contributed by atoms with van der Waals surface area (Å²) >= 11 is 12.2. The van der Waals surface area contributed by atoms with E-state index in [1.54, 1.807) is 13.0 Å². The molecule has 0 fully saturated rings. The molecule has 0 aliphatic rings. The highest BCUT2D eigenvalue weighted by Crippen LogP contribution is 2.36. The number of nitrogens with one attached hydrogen (secondary N) is 2. The van der Waals surface area contributed by atoms with E-state index in [4.69, 9.17) is 32.7 Å². The Kier molecular flexibility index (Phi) is 6.34. The average molecular weight is 397 g/mol. The van der Waals surface area contributed by atoms with Gasteiger partial charge in [-0.1, -0.05) is 29.3 Å². The molecule has 2 amide bonds.